The van der Waals surface area contributed by atoms with Gasteiger partial charge >= 0.3 is 0 Å². The van der Waals surface area contributed by atoms with Crippen LogP contribution in [0, 0.1) is 22.7 Å². The van der Waals surface area contributed by atoms with Crippen molar-refractivity contribution in [3.63, 3.8) is 0 Å². The summed E-state index contributed by atoms with van der Waals surface area (Å²) in [6, 6.07) is 0. The fourth-order valence-electron chi connectivity index (χ4n) is 8.16. The van der Waals surface area contributed by atoms with E-state index in [0.29, 0.717) is 6.42 Å². The van der Waals surface area contributed by atoms with Crippen LogP contribution in [0.1, 0.15) is 54.4 Å². The Bertz CT molecular complexity index is 1240. The molecule has 8 bridgehead atoms. The van der Waals surface area contributed by atoms with E-state index in [0.717, 1.165) is 0 Å². The summed E-state index contributed by atoms with van der Waals surface area (Å²) in [4.78, 5) is 28.0. The molecule has 2 aliphatic heterocycles. The van der Waals surface area contributed by atoms with E-state index in [9.17, 15) is 30.0 Å². The van der Waals surface area contributed by atoms with E-state index in [2.05, 4.69) is 0 Å². The molecule has 0 unspecified atom stereocenters. The highest BCUT2D eigenvalue weighted by Gasteiger charge is 2.98. The van der Waals surface area contributed by atoms with Gasteiger partial charge in [0.05, 0.1) is 10.8 Å². The van der Waals surface area contributed by atoms with Crippen molar-refractivity contribution in [2.45, 2.75) is 77.2 Å². The third-order valence-corrected chi connectivity index (χ3v) is 9.68. The van der Waals surface area contributed by atoms with Crippen LogP contribution in [0.25, 0.3) is 0 Å². The van der Waals surface area contributed by atoms with Crippen molar-refractivity contribution >= 4 is 11.6 Å². The zero-order valence-corrected chi connectivity index (χ0v) is 21.5. The van der Waals surface area contributed by atoms with Crippen molar-refractivity contribution in [3.05, 3.63) is 59.1 Å². The topological polar surface area (TPSA) is 134 Å². The summed E-state index contributed by atoms with van der Waals surface area (Å²) in [6.45, 7) is 9.66. The van der Waals surface area contributed by atoms with Gasteiger partial charge in [0.25, 0.3) is 0 Å². The molecular weight excluding hydrogens is 464 g/mol. The molecule has 36 heavy (non-hydrogen) atoms. The summed E-state index contributed by atoms with van der Waals surface area (Å²) in [7, 11) is 0. The molecule has 194 valence electrons. The molecule has 2 heterocycles. The number of hydrogen-bond donors (Lipinski definition) is 4. The van der Waals surface area contributed by atoms with Crippen LogP contribution in [0.2, 0.25) is 0 Å². The number of aliphatic hydroxyl groups excluding tert-OH is 2. The van der Waals surface area contributed by atoms with Gasteiger partial charge < -0.3 is 29.9 Å². The van der Waals surface area contributed by atoms with E-state index >= 15 is 0 Å². The van der Waals surface area contributed by atoms with Crippen LogP contribution in [0.4, 0.5) is 0 Å². The zero-order valence-electron chi connectivity index (χ0n) is 21.5. The number of carbonyl (C=O) groups excluding carboxylic acids is 2. The van der Waals surface area contributed by atoms with E-state index in [1.165, 1.54) is 33.8 Å². The second-order valence-corrected chi connectivity index (χ2v) is 11.3. The normalized spacial score (nSPS) is 50.1. The third kappa shape index (κ3) is 2.19. The number of Topliss-reactive ketones (excluding diaryl/α,β-unsaturated/α-hetero) is 2. The summed E-state index contributed by atoms with van der Waals surface area (Å²) in [5.74, 6) is -8.64. The van der Waals surface area contributed by atoms with Crippen molar-refractivity contribution in [3.8, 4) is 0 Å². The number of carbonyl (C=O) groups is 2. The largest absolute Gasteiger partial charge is 0.511 e. The number of allylic oxidation sites excluding steroid dienone is 6. The first-order valence-corrected chi connectivity index (χ1v) is 12.4. The van der Waals surface area contributed by atoms with Gasteiger partial charge in [-0.05, 0) is 54.0 Å². The van der Waals surface area contributed by atoms with Crippen LogP contribution in [-0.4, -0.2) is 54.8 Å². The Balaban J connectivity index is 1.89. The molecule has 0 aromatic carbocycles. The lowest BCUT2D eigenvalue weighted by atomic mass is 9.40. The van der Waals surface area contributed by atoms with E-state index in [1.54, 1.807) is 25.2 Å². The van der Waals surface area contributed by atoms with Gasteiger partial charge in [-0.15, -0.1) is 0 Å². The molecule has 5 rings (SSSR count). The molecule has 0 spiro atoms. The van der Waals surface area contributed by atoms with Crippen LogP contribution in [0.15, 0.2) is 59.1 Å². The van der Waals surface area contributed by atoms with Crippen molar-refractivity contribution in [2.75, 3.05) is 0 Å². The SMILES string of the molecule is C/C=C/C=C/C(O)=C1/C(=O)[C@@]2(C)[C@H]3C(C(=O)CC/C=C/C)=C(O)[C@@]4(C)[C@@H]1[C@]1(C)O[C@@]4(O)[C@@]3(C)O[C@@]12O. The monoisotopic (exact) mass is 498 g/mol. The Labute approximate surface area is 210 Å². The highest BCUT2D eigenvalue weighted by atomic mass is 16.8. The predicted octanol–water partition coefficient (Wildman–Crippen LogP) is 3.48. The first kappa shape index (κ1) is 25.1. The van der Waals surface area contributed by atoms with Gasteiger partial charge in [-0.1, -0.05) is 30.4 Å². The van der Waals surface area contributed by atoms with Crippen LogP contribution in [-0.2, 0) is 19.1 Å². The average Bonchev–Trinajstić information content (AvgIpc) is 3.12. The minimum Gasteiger partial charge on any atom is -0.511 e. The molecule has 0 amide bonds. The number of ketones is 2. The van der Waals surface area contributed by atoms with E-state index in [4.69, 9.17) is 9.47 Å². The molecule has 3 aliphatic carbocycles. The number of ether oxygens (including phenoxy) is 2. The highest BCUT2D eigenvalue weighted by molar-refractivity contribution is 6.08. The highest BCUT2D eigenvalue weighted by Crippen LogP contribution is 2.84. The number of aliphatic hydroxyl groups is 4. The van der Waals surface area contributed by atoms with Gasteiger partial charge in [-0.2, -0.15) is 0 Å². The number of hydrogen-bond acceptors (Lipinski definition) is 8. The quantitative estimate of drug-likeness (QED) is 0.189. The minimum absolute atomic E-state index is 0.0264. The summed E-state index contributed by atoms with van der Waals surface area (Å²) in [5.41, 5.74) is -7.18. The third-order valence-electron chi connectivity index (χ3n) is 9.68. The first-order valence-electron chi connectivity index (χ1n) is 12.4. The molecule has 8 nitrogen and oxygen atoms in total. The fraction of sp³-hybridized carbons (Fsp3) is 0.571. The molecule has 5 aliphatic rings. The van der Waals surface area contributed by atoms with Crippen LogP contribution >= 0.6 is 0 Å². The van der Waals surface area contributed by atoms with Gasteiger partial charge in [0.2, 0.25) is 11.6 Å². The van der Waals surface area contributed by atoms with Gasteiger partial charge in [-0.3, -0.25) is 9.59 Å². The summed E-state index contributed by atoms with van der Waals surface area (Å²) < 4.78 is 12.5. The smallest absolute Gasteiger partial charge is 0.210 e. The maximum absolute atomic E-state index is 14.3. The second kappa shape index (κ2) is 7.07. The van der Waals surface area contributed by atoms with Crippen molar-refractivity contribution in [1.82, 2.24) is 0 Å². The molecule has 2 saturated heterocycles. The molecular formula is C28H34O8. The first-order chi connectivity index (χ1) is 16.7. The summed E-state index contributed by atoms with van der Waals surface area (Å²) in [5, 5.41) is 47.4. The van der Waals surface area contributed by atoms with Crippen LogP contribution in [0.5, 0.6) is 0 Å². The lowest BCUT2D eigenvalue weighted by molar-refractivity contribution is -0.451. The Morgan fingerprint density at radius 2 is 1.53 bits per heavy atom. The molecule has 0 radical (unpaired) electrons. The second-order valence-electron chi connectivity index (χ2n) is 11.3. The Hall–Kier alpha value is -2.52. The summed E-state index contributed by atoms with van der Waals surface area (Å²) >= 11 is 0. The van der Waals surface area contributed by atoms with Gasteiger partial charge in [0.1, 0.15) is 22.7 Å². The Kier molecular flexibility index (Phi) is 4.94. The van der Waals surface area contributed by atoms with E-state index in [1.807, 2.05) is 19.1 Å². The van der Waals surface area contributed by atoms with Crippen molar-refractivity contribution in [1.29, 1.82) is 0 Å². The van der Waals surface area contributed by atoms with Gasteiger partial charge in [-0.25, -0.2) is 0 Å². The molecule has 4 fully saturated rings. The molecule has 8 atom stereocenters. The van der Waals surface area contributed by atoms with Gasteiger partial charge in [0.15, 0.2) is 11.6 Å². The lowest BCUT2D eigenvalue weighted by Gasteiger charge is -2.58. The molecule has 0 aromatic heterocycles. The molecule has 4 N–H and O–H groups in total. The summed E-state index contributed by atoms with van der Waals surface area (Å²) in [6.07, 6.45) is 10.5. The van der Waals surface area contributed by atoms with Gasteiger partial charge in [0, 0.05) is 29.4 Å². The van der Waals surface area contributed by atoms with Crippen molar-refractivity contribution < 1.29 is 39.5 Å². The molecule has 8 heteroatoms. The standard InChI is InChI=1S/C28H34O8/c1-7-9-11-13-15(29)17-19-23(3)22(32)18(16(30)14-12-10-8-2)20-24(4,21(17)31)28(34)25(19,5)35-27(23,33)26(20,6)36-28/h7-11,13,19-20,29,32-34H,12,14H2,1-6H3/b9-7+,10-8+,13-11+,17-15-/t19-,20-,23-,24-,25+,26+,27-,28-/m1/s1. The zero-order chi connectivity index (χ0) is 26.7. The van der Waals surface area contributed by atoms with E-state index in [-0.39, 0.29) is 29.1 Å². The molecule has 0 aromatic rings. The maximum atomic E-state index is 14.3. The Morgan fingerprint density at radius 1 is 0.944 bits per heavy atom. The fourth-order valence-corrected chi connectivity index (χ4v) is 8.16. The molecule has 2 saturated carbocycles. The van der Waals surface area contributed by atoms with Crippen LogP contribution < -0.4 is 0 Å². The number of rotatable bonds is 6. The van der Waals surface area contributed by atoms with Crippen molar-refractivity contribution in [2.24, 2.45) is 22.7 Å². The van der Waals surface area contributed by atoms with Crippen LogP contribution in [0.3, 0.4) is 0 Å². The Morgan fingerprint density at radius 3 is 2.11 bits per heavy atom. The van der Waals surface area contributed by atoms with E-state index < -0.39 is 57.0 Å². The predicted molar refractivity (Wildman–Crippen MR) is 129 cm³/mol. The maximum Gasteiger partial charge on any atom is 0.210 e. The average molecular weight is 499 g/mol. The lowest BCUT2D eigenvalue weighted by Crippen LogP contribution is -2.72. The minimum atomic E-state index is -2.24.